The van der Waals surface area contributed by atoms with E-state index in [0.29, 0.717) is 0 Å². The molecule has 0 bridgehead atoms. The molecule has 4 aromatic carbocycles. The fraction of sp³-hybridized carbons (Fsp3) is 0.0370. The van der Waals surface area contributed by atoms with Crippen LogP contribution in [0, 0.1) is 0 Å². The molecule has 0 N–H and O–H groups in total. The highest BCUT2D eigenvalue weighted by atomic mass is 35.5. The second-order valence-corrected chi connectivity index (χ2v) is 7.12. The maximum Gasteiger partial charge on any atom is 0.0967 e. The summed E-state index contributed by atoms with van der Waals surface area (Å²) >= 11 is 9.53. The Morgan fingerprint density at radius 1 is 0.379 bits per heavy atom. The summed E-state index contributed by atoms with van der Waals surface area (Å²) in [5.74, 6) is 0. The van der Waals surface area contributed by atoms with Crippen LogP contribution < -0.4 is 0 Å². The van der Waals surface area contributed by atoms with Crippen molar-refractivity contribution >= 4 is 34.3 Å². The molecule has 0 saturated heterocycles. The molecule has 0 heterocycles. The van der Waals surface area contributed by atoms with Gasteiger partial charge in [-0.15, -0.1) is 23.2 Å². The van der Waals surface area contributed by atoms with E-state index in [4.69, 9.17) is 23.2 Å². The summed E-state index contributed by atoms with van der Waals surface area (Å²) in [5, 5.41) is 0.194. The Balaban J connectivity index is 0.000000755. The van der Waals surface area contributed by atoms with Gasteiger partial charge in [0.2, 0.25) is 0 Å². The molecule has 0 unspecified atom stereocenters. The average molecular weight is 417 g/mol. The summed E-state index contributed by atoms with van der Waals surface area (Å²) in [6.07, 6.45) is 0. The van der Waals surface area contributed by atoms with Gasteiger partial charge in [-0.25, -0.2) is 0 Å². The lowest BCUT2D eigenvalue weighted by Gasteiger charge is -2.18. The summed E-state index contributed by atoms with van der Waals surface area (Å²) < 4.78 is 0. The van der Waals surface area contributed by atoms with Crippen LogP contribution in [0.3, 0.4) is 0 Å². The van der Waals surface area contributed by atoms with Gasteiger partial charge >= 0.3 is 0 Å². The van der Waals surface area contributed by atoms with Crippen LogP contribution in [-0.2, 0) is 0 Å². The normalized spacial score (nSPS) is 9.86. The lowest BCUT2D eigenvalue weighted by Crippen LogP contribution is -1.97. The molecule has 0 saturated carbocycles. The summed E-state index contributed by atoms with van der Waals surface area (Å²) in [7, 11) is 0. The highest BCUT2D eigenvalue weighted by Crippen LogP contribution is 2.36. The number of rotatable bonds is 4. The van der Waals surface area contributed by atoms with E-state index in [2.05, 4.69) is 121 Å². The average Bonchev–Trinajstić information content (AvgIpc) is 2.80. The maximum atomic E-state index is 4.76. The van der Waals surface area contributed by atoms with E-state index >= 15 is 0 Å². The van der Waals surface area contributed by atoms with Crippen molar-refractivity contribution in [1.82, 2.24) is 0 Å². The van der Waals surface area contributed by atoms with E-state index in [1.54, 1.807) is 0 Å². The van der Waals surface area contributed by atoms with E-state index in [1.807, 2.05) is 0 Å². The molecule has 2 heteroatoms. The molecule has 0 atom stereocenters. The van der Waals surface area contributed by atoms with Crippen molar-refractivity contribution < 1.29 is 0 Å². The Bertz CT molecular complexity index is 841. The highest BCUT2D eigenvalue weighted by molar-refractivity contribution is 6.40. The first kappa shape index (κ1) is 20.9. The minimum atomic E-state index is 0.194. The number of hydrogen-bond donors (Lipinski definition) is 0. The van der Waals surface area contributed by atoms with Crippen LogP contribution in [0.4, 0.5) is 0 Å². The fourth-order valence-electron chi connectivity index (χ4n) is 3.33. The van der Waals surface area contributed by atoms with Crippen molar-refractivity contribution in [2.24, 2.45) is 0 Å². The third-order valence-corrected chi connectivity index (χ3v) is 4.50. The smallest absolute Gasteiger partial charge is 0.0967 e. The summed E-state index contributed by atoms with van der Waals surface area (Å²) in [6.45, 7) is 0. The van der Waals surface area contributed by atoms with Gasteiger partial charge in [0.25, 0.3) is 0 Å². The van der Waals surface area contributed by atoms with Crippen LogP contribution in [0.1, 0.15) is 22.3 Å². The first-order valence-electron chi connectivity index (χ1n) is 9.43. The molecule has 0 nitrogen and oxygen atoms in total. The Labute approximate surface area is 183 Å². The third kappa shape index (κ3) is 5.60. The van der Waals surface area contributed by atoms with Crippen LogP contribution in [0.15, 0.2) is 121 Å². The number of hydrogen-bond acceptors (Lipinski definition) is 0. The van der Waals surface area contributed by atoms with E-state index in [9.17, 15) is 0 Å². The van der Waals surface area contributed by atoms with Crippen LogP contribution in [0.5, 0.6) is 0 Å². The molecule has 0 fully saturated rings. The van der Waals surface area contributed by atoms with Crippen molar-refractivity contribution in [3.8, 4) is 0 Å². The second kappa shape index (κ2) is 11.3. The molecule has 0 aliphatic heterocycles. The minimum absolute atomic E-state index is 0.194. The van der Waals surface area contributed by atoms with Gasteiger partial charge in [-0.05, 0) is 33.4 Å². The van der Waals surface area contributed by atoms with Crippen LogP contribution in [0.2, 0.25) is 0 Å². The number of benzene rings is 4. The van der Waals surface area contributed by atoms with Gasteiger partial charge in [-0.3, -0.25) is 0 Å². The maximum absolute atomic E-state index is 4.76. The predicted octanol–water partition coefficient (Wildman–Crippen LogP) is 8.12. The van der Waals surface area contributed by atoms with Crippen molar-refractivity contribution in [2.45, 2.75) is 0 Å². The summed E-state index contributed by atoms with van der Waals surface area (Å²) in [4.78, 5) is 0. The zero-order valence-electron chi connectivity index (χ0n) is 16.0. The Hall–Kier alpha value is -2.80. The molecular weight excluding hydrogens is 395 g/mol. The van der Waals surface area contributed by atoms with Gasteiger partial charge in [0, 0.05) is 0 Å². The molecule has 0 aliphatic carbocycles. The van der Waals surface area contributed by atoms with Crippen molar-refractivity contribution in [1.29, 1.82) is 0 Å². The topological polar surface area (TPSA) is 0 Å². The van der Waals surface area contributed by atoms with Crippen LogP contribution >= 0.6 is 23.2 Å². The molecule has 144 valence electrons. The third-order valence-electron chi connectivity index (χ3n) is 4.50. The standard InChI is InChI=1S/C26H20.CH2Cl2/c1-5-13-21(14-6-1)25(22-15-7-2-8-16-22)26(23-17-9-3-10-18-23)24-19-11-4-12-20-24;2-1-3/h1-20H;1H2. The molecule has 0 radical (unpaired) electrons. The molecule has 0 amide bonds. The van der Waals surface area contributed by atoms with E-state index in [1.165, 1.54) is 33.4 Å². The molecule has 0 spiro atoms. The number of halogens is 2. The SMILES string of the molecule is ClCCl.c1ccc(C(=C(c2ccccc2)c2ccccc2)c2ccccc2)cc1. The molecule has 29 heavy (non-hydrogen) atoms. The van der Waals surface area contributed by atoms with Gasteiger partial charge in [0.15, 0.2) is 0 Å². The summed E-state index contributed by atoms with van der Waals surface area (Å²) in [6, 6.07) is 42.6. The number of alkyl halides is 2. The zero-order valence-corrected chi connectivity index (χ0v) is 17.5. The highest BCUT2D eigenvalue weighted by Gasteiger charge is 2.15. The molecule has 4 aromatic rings. The monoisotopic (exact) mass is 416 g/mol. The van der Waals surface area contributed by atoms with Gasteiger partial charge in [-0.2, -0.15) is 0 Å². The van der Waals surface area contributed by atoms with E-state index in [0.717, 1.165) is 0 Å². The van der Waals surface area contributed by atoms with Gasteiger partial charge in [0.05, 0.1) is 5.34 Å². The lowest BCUT2D eigenvalue weighted by molar-refractivity contribution is 1.50. The molecular formula is C27H22Cl2. The van der Waals surface area contributed by atoms with E-state index in [-0.39, 0.29) is 5.34 Å². The van der Waals surface area contributed by atoms with Gasteiger partial charge < -0.3 is 0 Å². The lowest BCUT2D eigenvalue weighted by atomic mass is 9.86. The van der Waals surface area contributed by atoms with Crippen LogP contribution in [-0.4, -0.2) is 5.34 Å². The van der Waals surface area contributed by atoms with E-state index < -0.39 is 0 Å². The second-order valence-electron chi connectivity index (χ2n) is 6.32. The Kier molecular flexibility index (Phi) is 8.12. The van der Waals surface area contributed by atoms with Crippen molar-refractivity contribution in [2.75, 3.05) is 5.34 Å². The fourth-order valence-corrected chi connectivity index (χ4v) is 3.33. The van der Waals surface area contributed by atoms with Crippen molar-refractivity contribution in [3.63, 3.8) is 0 Å². The Morgan fingerprint density at radius 2 is 0.552 bits per heavy atom. The first-order valence-corrected chi connectivity index (χ1v) is 10.5. The summed E-state index contributed by atoms with van der Waals surface area (Å²) in [5.41, 5.74) is 7.40. The molecule has 0 aromatic heterocycles. The van der Waals surface area contributed by atoms with Crippen LogP contribution in [0.25, 0.3) is 11.1 Å². The Morgan fingerprint density at radius 3 is 0.724 bits per heavy atom. The molecule has 0 aliphatic rings. The minimum Gasteiger partial charge on any atom is -0.109 e. The quantitative estimate of drug-likeness (QED) is 0.232. The van der Waals surface area contributed by atoms with Crippen molar-refractivity contribution in [3.05, 3.63) is 144 Å². The largest absolute Gasteiger partial charge is 0.109 e. The molecule has 4 rings (SSSR count). The zero-order chi connectivity index (χ0) is 20.3. The van der Waals surface area contributed by atoms with Gasteiger partial charge in [-0.1, -0.05) is 121 Å². The van der Waals surface area contributed by atoms with Gasteiger partial charge in [0.1, 0.15) is 0 Å². The first-order chi connectivity index (χ1) is 14.3. The predicted molar refractivity (Wildman–Crippen MR) is 127 cm³/mol.